The molecular weight excluding hydrogens is 220 g/mol. The van der Waals surface area contributed by atoms with Crippen molar-refractivity contribution in [3.8, 4) is 0 Å². The molecule has 56 valence electrons. The van der Waals surface area contributed by atoms with E-state index in [4.69, 9.17) is 0 Å². The summed E-state index contributed by atoms with van der Waals surface area (Å²) in [6, 6.07) is 0. The molecule has 0 aromatic carbocycles. The van der Waals surface area contributed by atoms with Gasteiger partial charge >= 0.3 is 74.9 Å². The van der Waals surface area contributed by atoms with E-state index in [1.165, 1.54) is 0 Å². The van der Waals surface area contributed by atoms with Gasteiger partial charge < -0.3 is 11.0 Å². The Kier molecular flexibility index (Phi) is 47.1. The van der Waals surface area contributed by atoms with Crippen molar-refractivity contribution in [2.45, 2.75) is 0 Å². The largest absolute Gasteiger partial charge is 2.00 e. The molecule has 0 atom stereocenters. The van der Waals surface area contributed by atoms with Gasteiger partial charge in [0.15, 0.2) is 0 Å². The third-order valence-electron chi connectivity index (χ3n) is 0.133. The van der Waals surface area contributed by atoms with Crippen LogP contribution in [0.1, 0.15) is 0 Å². The second kappa shape index (κ2) is 17.7. The van der Waals surface area contributed by atoms with Gasteiger partial charge in [-0.05, 0) is 0 Å². The van der Waals surface area contributed by atoms with Gasteiger partial charge in [0.25, 0.3) is 0 Å². The molecule has 0 aliphatic rings. The van der Waals surface area contributed by atoms with Gasteiger partial charge in [-0.1, -0.05) is 0 Å². The topological polar surface area (TPSA) is 138 Å². The van der Waals surface area contributed by atoms with Crippen LogP contribution in [0.3, 0.4) is 0 Å². The molecule has 0 amide bonds. The van der Waals surface area contributed by atoms with Crippen LogP contribution in [0, 0.1) is 0 Å². The van der Waals surface area contributed by atoms with Gasteiger partial charge in [-0.2, -0.15) is 4.31 Å². The summed E-state index contributed by atoms with van der Waals surface area (Å²) in [6.45, 7) is 0. The average Bonchev–Trinajstić information content (AvgIpc) is 1.27. The summed E-state index contributed by atoms with van der Waals surface area (Å²) in [5, 5.41) is 0. The predicted molar refractivity (Wildman–Crippen MR) is 22.0 cm³/mol. The first kappa shape index (κ1) is 29.3. The fourth-order valence-electron chi connectivity index (χ4n) is 0.0544. The van der Waals surface area contributed by atoms with Gasteiger partial charge in [-0.3, -0.25) is 0 Å². The Morgan fingerprint density at radius 2 is 1.00 bits per heavy atom. The summed E-state index contributed by atoms with van der Waals surface area (Å²) in [5.74, 6) is 0. The fraction of sp³-hybridized carbons (Fsp3) is 0. The molecule has 11 heteroatoms. The Balaban J connectivity index is -0.0000000300. The first-order valence-corrected chi connectivity index (χ1v) is 3.29. The molecule has 0 aliphatic heterocycles. The minimum atomic E-state index is -3.24. The van der Waals surface area contributed by atoms with Crippen LogP contribution in [-0.2, 0) is 28.0 Å². The van der Waals surface area contributed by atoms with Crippen molar-refractivity contribution in [3.63, 3.8) is 0 Å². The van der Waals surface area contributed by atoms with Crippen LogP contribution < -0.4 is 59.1 Å². The summed E-state index contributed by atoms with van der Waals surface area (Å²) >= 11 is 0. The van der Waals surface area contributed by atoms with Crippen molar-refractivity contribution >= 4 is 15.8 Å². The van der Waals surface area contributed by atoms with Crippen molar-refractivity contribution in [2.24, 2.45) is 0 Å². The van der Waals surface area contributed by atoms with Crippen LogP contribution in [0.15, 0.2) is 0 Å². The quantitative estimate of drug-likeness (QED) is 0.338. The molecule has 0 unspecified atom stereocenters. The van der Waals surface area contributed by atoms with E-state index >= 15 is 0 Å². The Hall–Kier alpha value is 1.68. The van der Waals surface area contributed by atoms with E-state index in [2.05, 4.69) is 4.31 Å². The molecule has 0 aromatic heterocycles. The summed E-state index contributed by atoms with van der Waals surface area (Å²) in [7, 11) is -6.47. The summed E-state index contributed by atoms with van der Waals surface area (Å²) in [6.07, 6.45) is 0. The minimum Gasteiger partial charge on any atom is -2.00 e. The van der Waals surface area contributed by atoms with Crippen molar-refractivity contribution < 1.29 is 92.6 Å². The number of rotatable bonds is 2. The maximum atomic E-state index is 9.24. The molecule has 0 aromatic rings. The normalized spacial score (nSPS) is 5.09. The Bertz CT molecular complexity index is 143. The van der Waals surface area contributed by atoms with Gasteiger partial charge in [0.1, 0.15) is 0 Å². The fourth-order valence-corrected chi connectivity index (χ4v) is 0.490. The van der Waals surface area contributed by atoms with Gasteiger partial charge in [0, 0.05) is 0 Å². The molecule has 0 aliphatic carbocycles. The molecule has 7 nitrogen and oxygen atoms in total. The number of hydrogen-bond acceptors (Lipinski definition) is 5. The molecule has 0 fully saturated rings. The predicted octanol–water partition coefficient (Wildman–Crippen LogP) is -5.76. The molecule has 0 heterocycles. The molecule has 0 saturated carbocycles. The number of hydrogen-bond donors (Lipinski definition) is 0. The van der Waals surface area contributed by atoms with Gasteiger partial charge in [0.05, 0.1) is 0 Å². The van der Waals surface area contributed by atoms with Crippen LogP contribution in [0.25, 0.3) is 0 Å². The average molecular weight is 222 g/mol. The Morgan fingerprint density at radius 3 is 1.00 bits per heavy atom. The van der Waals surface area contributed by atoms with E-state index in [-0.39, 0.29) is 70.1 Å². The second-order valence-electron chi connectivity index (χ2n) is 0.529. The monoisotopic (exact) mass is 222 g/mol. The zero-order chi connectivity index (χ0) is 5.86. The SMILES string of the molecule is O.O=P(=O)OP(=O)=O.[Na+].[Na+].[O-2]. The zero-order valence-electron chi connectivity index (χ0n) is 5.84. The molecule has 0 saturated heterocycles. The Morgan fingerprint density at radius 1 is 0.818 bits per heavy atom. The second-order valence-corrected chi connectivity index (χ2v) is 2.08. The van der Waals surface area contributed by atoms with E-state index in [9.17, 15) is 18.3 Å². The van der Waals surface area contributed by atoms with Gasteiger partial charge in [0.2, 0.25) is 0 Å². The zero-order valence-corrected chi connectivity index (χ0v) is 11.6. The van der Waals surface area contributed by atoms with Crippen LogP contribution in [0.2, 0.25) is 0 Å². The van der Waals surface area contributed by atoms with Crippen molar-refractivity contribution in [2.75, 3.05) is 0 Å². The Labute approximate surface area is 107 Å². The molecule has 0 radical (unpaired) electrons. The van der Waals surface area contributed by atoms with E-state index < -0.39 is 15.8 Å². The van der Waals surface area contributed by atoms with E-state index in [1.807, 2.05) is 0 Å². The third-order valence-corrected chi connectivity index (χ3v) is 1.20. The molecule has 0 spiro atoms. The maximum Gasteiger partial charge on any atom is 1.00 e. The van der Waals surface area contributed by atoms with Crippen LogP contribution >= 0.6 is 15.8 Å². The summed E-state index contributed by atoms with van der Waals surface area (Å²) < 4.78 is 40.1. The minimum absolute atomic E-state index is 0. The summed E-state index contributed by atoms with van der Waals surface area (Å²) in [5.41, 5.74) is 0. The maximum absolute atomic E-state index is 9.24. The first-order valence-electron chi connectivity index (χ1n) is 1.10. The van der Waals surface area contributed by atoms with Gasteiger partial charge in [-0.15, -0.1) is 0 Å². The standard InChI is InChI=1S/2Na.O5P2.H2O.O/c;;1-6(2)5-7(3)4;;/h;;;1H2;/q2*+1;;;-2. The van der Waals surface area contributed by atoms with Crippen LogP contribution in [-0.4, -0.2) is 5.48 Å². The first-order chi connectivity index (χ1) is 3.13. The molecule has 0 rings (SSSR count). The summed E-state index contributed by atoms with van der Waals surface area (Å²) in [4.78, 5) is 0. The van der Waals surface area contributed by atoms with Crippen molar-refractivity contribution in [3.05, 3.63) is 0 Å². The van der Waals surface area contributed by atoms with E-state index in [0.29, 0.717) is 0 Å². The van der Waals surface area contributed by atoms with Gasteiger partial charge in [-0.25, -0.2) is 18.3 Å². The van der Waals surface area contributed by atoms with E-state index in [1.54, 1.807) is 0 Å². The van der Waals surface area contributed by atoms with Crippen LogP contribution in [0.5, 0.6) is 0 Å². The molecule has 2 N–H and O–H groups in total. The smallest absolute Gasteiger partial charge is 1.00 e. The third kappa shape index (κ3) is 33.9. The molecular formula is H2Na2O7P2. The molecule has 11 heavy (non-hydrogen) atoms. The molecule has 0 bridgehead atoms. The van der Waals surface area contributed by atoms with Crippen LogP contribution in [0.4, 0.5) is 0 Å². The van der Waals surface area contributed by atoms with Crippen molar-refractivity contribution in [1.82, 2.24) is 0 Å². The van der Waals surface area contributed by atoms with Crippen molar-refractivity contribution in [1.29, 1.82) is 0 Å². The van der Waals surface area contributed by atoms with E-state index in [0.717, 1.165) is 0 Å².